The topological polar surface area (TPSA) is 52.3 Å². The number of furan rings is 3. The van der Waals surface area contributed by atoms with Gasteiger partial charge in [-0.3, -0.25) is 0 Å². The van der Waals surface area contributed by atoms with Gasteiger partial charge in [-0.1, -0.05) is 140 Å². The van der Waals surface area contributed by atoms with E-state index < -0.39 is 0 Å². The third kappa shape index (κ3) is 5.61. The van der Waals surface area contributed by atoms with E-state index in [-0.39, 0.29) is 0 Å². The number of aromatic nitrogens is 1. The van der Waals surface area contributed by atoms with Gasteiger partial charge in [-0.25, -0.2) is 4.98 Å². The van der Waals surface area contributed by atoms with Gasteiger partial charge < -0.3 is 13.3 Å². The highest BCUT2D eigenvalue weighted by Crippen LogP contribution is 2.47. The number of fused-ring (bicyclic) bond motifs is 12. The Morgan fingerprint density at radius 2 is 0.708 bits per heavy atom. The number of benzene rings is 10. The minimum atomic E-state index is 0.840. The molecule has 0 spiro atoms. The molecular formula is C61H35NO3. The van der Waals surface area contributed by atoms with Crippen molar-refractivity contribution in [1.29, 1.82) is 0 Å². The summed E-state index contributed by atoms with van der Waals surface area (Å²) in [5.41, 5.74) is 17.0. The van der Waals surface area contributed by atoms with E-state index in [4.69, 9.17) is 18.2 Å². The molecule has 14 rings (SSSR count). The molecule has 14 aromatic rings. The van der Waals surface area contributed by atoms with Gasteiger partial charge in [0.2, 0.25) is 0 Å². The second-order valence-electron chi connectivity index (χ2n) is 17.0. The molecule has 0 fully saturated rings. The number of pyridine rings is 1. The maximum absolute atomic E-state index is 6.68. The van der Waals surface area contributed by atoms with Crippen molar-refractivity contribution in [2.75, 3.05) is 0 Å². The van der Waals surface area contributed by atoms with Gasteiger partial charge in [0, 0.05) is 59.6 Å². The van der Waals surface area contributed by atoms with Gasteiger partial charge in [0.1, 0.15) is 33.5 Å². The summed E-state index contributed by atoms with van der Waals surface area (Å²) in [6.45, 7) is 0. The lowest BCUT2D eigenvalue weighted by molar-refractivity contribution is 0.668. The number of rotatable bonds is 5. The molecule has 0 saturated heterocycles. The molecule has 0 radical (unpaired) electrons. The fourth-order valence-corrected chi connectivity index (χ4v) is 10.2. The van der Waals surface area contributed by atoms with Crippen LogP contribution in [0.15, 0.2) is 226 Å². The SMILES string of the molecule is c1ccc(-c2nc3ccccc3c3c(-c4ccc(-c5cc(-c6ccc7c(c6)oc6ccccc67)cc(-c6ccc7c(c6)oc6ccccc67)c5)cc4)c4c(cc23)oc2ccccc24)cc1. The van der Waals surface area contributed by atoms with Crippen molar-refractivity contribution in [2.45, 2.75) is 0 Å². The first-order chi connectivity index (χ1) is 32.2. The zero-order chi connectivity index (χ0) is 42.6. The Morgan fingerprint density at radius 3 is 1.34 bits per heavy atom. The molecule has 0 saturated carbocycles. The molecule has 4 heteroatoms. The minimum Gasteiger partial charge on any atom is -0.456 e. The molecule has 0 N–H and O–H groups in total. The van der Waals surface area contributed by atoms with E-state index in [1.807, 2.05) is 30.3 Å². The first-order valence-electron chi connectivity index (χ1n) is 22.0. The van der Waals surface area contributed by atoms with Gasteiger partial charge in [-0.15, -0.1) is 0 Å². The molecule has 0 aliphatic carbocycles. The summed E-state index contributed by atoms with van der Waals surface area (Å²) in [4.78, 5) is 5.29. The van der Waals surface area contributed by atoms with Gasteiger partial charge in [-0.05, 0) is 112 Å². The monoisotopic (exact) mass is 829 g/mol. The predicted molar refractivity (Wildman–Crippen MR) is 268 cm³/mol. The van der Waals surface area contributed by atoms with Crippen LogP contribution in [0.3, 0.4) is 0 Å². The molecular weight excluding hydrogens is 795 g/mol. The predicted octanol–water partition coefficient (Wildman–Crippen LogP) is 17.4. The zero-order valence-corrected chi connectivity index (χ0v) is 34.9. The van der Waals surface area contributed by atoms with Gasteiger partial charge in [-0.2, -0.15) is 0 Å². The van der Waals surface area contributed by atoms with Crippen LogP contribution in [-0.4, -0.2) is 4.98 Å². The molecule has 4 nitrogen and oxygen atoms in total. The van der Waals surface area contributed by atoms with Crippen LogP contribution in [-0.2, 0) is 0 Å². The summed E-state index contributed by atoms with van der Waals surface area (Å²) in [5, 5.41) is 9.97. The van der Waals surface area contributed by atoms with Crippen LogP contribution in [0.25, 0.3) is 143 Å². The number of hydrogen-bond acceptors (Lipinski definition) is 4. The standard InChI is InChI=1S/C61H35NO3/c1-2-12-38(13-3-1)61-50-35-57-60(49-17-7-11-21-54(49)65-57)58(59(50)48-16-4-8-18-51(48)62-61)37-24-22-36(23-25-37)41-30-42(39-26-28-46-44-14-5-9-19-52(44)63-55(46)33-39)32-43(31-41)40-27-29-47-45-15-6-10-20-53(45)64-56(47)34-40/h1-35H. The number of nitrogens with zero attached hydrogens (tertiary/aromatic N) is 1. The Morgan fingerprint density at radius 1 is 0.246 bits per heavy atom. The van der Waals surface area contributed by atoms with Gasteiger partial charge >= 0.3 is 0 Å². The Bertz CT molecular complexity index is 4100. The fraction of sp³-hybridized carbons (Fsp3) is 0. The lowest BCUT2D eigenvalue weighted by Crippen LogP contribution is -1.93. The third-order valence-corrected chi connectivity index (χ3v) is 13.2. The minimum absolute atomic E-state index is 0.840. The molecule has 10 aromatic carbocycles. The molecule has 0 bridgehead atoms. The van der Waals surface area contributed by atoms with Crippen LogP contribution >= 0.6 is 0 Å². The van der Waals surface area contributed by atoms with Crippen LogP contribution < -0.4 is 0 Å². The second-order valence-corrected chi connectivity index (χ2v) is 17.0. The van der Waals surface area contributed by atoms with E-state index in [9.17, 15) is 0 Å². The molecule has 65 heavy (non-hydrogen) atoms. The van der Waals surface area contributed by atoms with Gasteiger partial charge in [0.15, 0.2) is 0 Å². The van der Waals surface area contributed by atoms with Crippen molar-refractivity contribution in [1.82, 2.24) is 4.98 Å². The van der Waals surface area contributed by atoms with Crippen molar-refractivity contribution in [2.24, 2.45) is 0 Å². The van der Waals surface area contributed by atoms with E-state index >= 15 is 0 Å². The van der Waals surface area contributed by atoms with Crippen LogP contribution in [0.5, 0.6) is 0 Å². The average molecular weight is 830 g/mol. The zero-order valence-electron chi connectivity index (χ0n) is 34.9. The summed E-state index contributed by atoms with van der Waals surface area (Å²) in [6, 6.07) is 75.1. The molecule has 0 atom stereocenters. The Kier molecular flexibility index (Phi) is 7.65. The van der Waals surface area contributed by atoms with Crippen molar-refractivity contribution >= 4 is 87.5 Å². The third-order valence-electron chi connectivity index (χ3n) is 13.2. The first kappa shape index (κ1) is 35.8. The van der Waals surface area contributed by atoms with E-state index in [1.165, 1.54) is 0 Å². The Balaban J connectivity index is 0.981. The fourth-order valence-electron chi connectivity index (χ4n) is 10.2. The average Bonchev–Trinajstić information content (AvgIpc) is 4.06. The summed E-state index contributed by atoms with van der Waals surface area (Å²) >= 11 is 0. The first-order valence-corrected chi connectivity index (χ1v) is 22.0. The second kappa shape index (κ2) is 13.9. The van der Waals surface area contributed by atoms with Crippen LogP contribution in [0.2, 0.25) is 0 Å². The van der Waals surface area contributed by atoms with Crippen molar-refractivity contribution in [3.63, 3.8) is 0 Å². The molecule has 0 unspecified atom stereocenters. The molecule has 0 aliphatic rings. The normalized spacial score (nSPS) is 12.0. The maximum Gasteiger partial charge on any atom is 0.136 e. The quantitative estimate of drug-likeness (QED) is 0.162. The van der Waals surface area contributed by atoms with Gasteiger partial charge in [0.05, 0.1) is 11.2 Å². The highest BCUT2D eigenvalue weighted by Gasteiger charge is 2.22. The molecule has 4 aromatic heterocycles. The van der Waals surface area contributed by atoms with Crippen LogP contribution in [0, 0.1) is 0 Å². The smallest absolute Gasteiger partial charge is 0.136 e. The lowest BCUT2D eigenvalue weighted by Gasteiger charge is -2.16. The van der Waals surface area contributed by atoms with E-state index in [1.54, 1.807) is 0 Å². The van der Waals surface area contributed by atoms with E-state index in [0.29, 0.717) is 0 Å². The summed E-state index contributed by atoms with van der Waals surface area (Å²) in [7, 11) is 0. The molecule has 4 heterocycles. The van der Waals surface area contributed by atoms with Crippen molar-refractivity contribution in [3.05, 3.63) is 212 Å². The highest BCUT2D eigenvalue weighted by molar-refractivity contribution is 6.28. The van der Waals surface area contributed by atoms with Crippen LogP contribution in [0.1, 0.15) is 0 Å². The number of para-hydroxylation sites is 4. The largest absolute Gasteiger partial charge is 0.456 e. The van der Waals surface area contributed by atoms with Crippen molar-refractivity contribution < 1.29 is 13.3 Å². The number of hydrogen-bond donors (Lipinski definition) is 0. The maximum atomic E-state index is 6.68. The molecule has 0 aliphatic heterocycles. The van der Waals surface area contributed by atoms with Crippen molar-refractivity contribution in [3.8, 4) is 55.8 Å². The molecule has 0 amide bonds. The Hall–Kier alpha value is -8.73. The van der Waals surface area contributed by atoms with Crippen LogP contribution in [0.4, 0.5) is 0 Å². The van der Waals surface area contributed by atoms with Gasteiger partial charge in [0.25, 0.3) is 0 Å². The summed E-state index contributed by atoms with van der Waals surface area (Å²) in [5.74, 6) is 0. The molecule has 302 valence electrons. The Labute approximate surface area is 372 Å². The summed E-state index contributed by atoms with van der Waals surface area (Å²) in [6.07, 6.45) is 0. The highest BCUT2D eigenvalue weighted by atomic mass is 16.3. The van der Waals surface area contributed by atoms with E-state index in [0.717, 1.165) is 143 Å². The summed E-state index contributed by atoms with van der Waals surface area (Å²) < 4.78 is 19.5. The lowest BCUT2D eigenvalue weighted by atomic mass is 9.88. The van der Waals surface area contributed by atoms with E-state index in [2.05, 4.69) is 182 Å².